The monoisotopic (exact) mass is 598 g/mol. The third kappa shape index (κ3) is 6.52. The van der Waals surface area contributed by atoms with Crippen LogP contribution >= 0.6 is 0 Å². The first kappa shape index (κ1) is 30.6. The summed E-state index contributed by atoms with van der Waals surface area (Å²) in [5.41, 5.74) is 6.30. The van der Waals surface area contributed by atoms with Gasteiger partial charge in [0.15, 0.2) is 11.6 Å². The predicted octanol–water partition coefficient (Wildman–Crippen LogP) is 3.87. The third-order valence-electron chi connectivity index (χ3n) is 7.70. The summed E-state index contributed by atoms with van der Waals surface area (Å²) in [6.07, 6.45) is 2.88. The number of aromatic hydroxyl groups is 1. The number of nitrogens with one attached hydrogen (secondary N) is 3. The molecule has 0 bridgehead atoms. The lowest BCUT2D eigenvalue weighted by Crippen LogP contribution is -2.54. The Balaban J connectivity index is 1.33. The molecule has 3 heterocycles. The molecule has 44 heavy (non-hydrogen) atoms. The second kappa shape index (κ2) is 12.4. The molecule has 228 valence electrons. The second-order valence-electron chi connectivity index (χ2n) is 12.0. The van der Waals surface area contributed by atoms with E-state index in [1.54, 1.807) is 18.2 Å². The standard InChI is InChI=1S/C33H35FN6O4/c1-33(2,3)25-11-10-20-15-24(41)27(28(34)29(20)40-25)30(42)18-6-8-19(9-7-18)31(43)38-22-5-4-13-36-17-23(22)39-32(44)21-12-14-37-26(35)16-21/h6-12,14-16,22-23,36,41H,4-5,13,17H2,1-3H3,(H2,35,37)(H,38,43)(H,39,44)/t22-,23-/m1/s1. The van der Waals surface area contributed by atoms with Crippen LogP contribution in [0.5, 0.6) is 5.75 Å². The predicted molar refractivity (Wildman–Crippen MR) is 165 cm³/mol. The summed E-state index contributed by atoms with van der Waals surface area (Å²) in [4.78, 5) is 47.8. The van der Waals surface area contributed by atoms with Crippen LogP contribution in [0.4, 0.5) is 10.2 Å². The zero-order valence-corrected chi connectivity index (χ0v) is 24.8. The number of pyridine rings is 2. The Morgan fingerprint density at radius 3 is 2.34 bits per heavy atom. The molecule has 1 aliphatic rings. The third-order valence-corrected chi connectivity index (χ3v) is 7.70. The van der Waals surface area contributed by atoms with Crippen LogP contribution in [0, 0.1) is 5.82 Å². The van der Waals surface area contributed by atoms with Crippen LogP contribution in [0.2, 0.25) is 0 Å². The lowest BCUT2D eigenvalue weighted by molar-refractivity contribution is 0.0882. The van der Waals surface area contributed by atoms with Gasteiger partial charge in [0, 0.05) is 45.9 Å². The summed E-state index contributed by atoms with van der Waals surface area (Å²) >= 11 is 0. The molecule has 10 nitrogen and oxygen atoms in total. The van der Waals surface area contributed by atoms with Crippen molar-refractivity contribution in [3.8, 4) is 5.75 Å². The van der Waals surface area contributed by atoms with E-state index >= 15 is 4.39 Å². The van der Waals surface area contributed by atoms with Gasteiger partial charge in [0.2, 0.25) is 0 Å². The smallest absolute Gasteiger partial charge is 0.251 e. The van der Waals surface area contributed by atoms with Crippen molar-refractivity contribution in [2.75, 3.05) is 18.8 Å². The van der Waals surface area contributed by atoms with E-state index in [4.69, 9.17) is 5.73 Å². The average Bonchev–Trinajstić information content (AvgIpc) is 3.21. The van der Waals surface area contributed by atoms with Crippen LogP contribution in [-0.2, 0) is 5.41 Å². The molecule has 0 spiro atoms. The molecular formula is C33H35FN6O4. The van der Waals surface area contributed by atoms with Gasteiger partial charge in [-0.3, -0.25) is 14.4 Å². The molecule has 1 aliphatic heterocycles. The molecule has 4 aromatic rings. The number of fused-ring (bicyclic) bond motifs is 1. The topological polar surface area (TPSA) is 159 Å². The van der Waals surface area contributed by atoms with Gasteiger partial charge in [-0.1, -0.05) is 39.0 Å². The summed E-state index contributed by atoms with van der Waals surface area (Å²) < 4.78 is 15.6. The first-order valence-electron chi connectivity index (χ1n) is 14.4. The summed E-state index contributed by atoms with van der Waals surface area (Å²) in [6, 6.07) is 12.8. The summed E-state index contributed by atoms with van der Waals surface area (Å²) in [7, 11) is 0. The molecule has 5 rings (SSSR count). The van der Waals surface area contributed by atoms with E-state index < -0.39 is 29.0 Å². The van der Waals surface area contributed by atoms with Crippen LogP contribution in [-0.4, -0.2) is 57.8 Å². The molecule has 0 saturated carbocycles. The fourth-order valence-electron chi connectivity index (χ4n) is 5.23. The van der Waals surface area contributed by atoms with Crippen molar-refractivity contribution in [3.63, 3.8) is 0 Å². The van der Waals surface area contributed by atoms with Crippen molar-refractivity contribution in [2.45, 2.75) is 51.1 Å². The van der Waals surface area contributed by atoms with Crippen molar-refractivity contribution < 1.29 is 23.9 Å². The highest BCUT2D eigenvalue weighted by molar-refractivity contribution is 6.13. The number of rotatable bonds is 6. The maximum absolute atomic E-state index is 15.6. The van der Waals surface area contributed by atoms with E-state index in [9.17, 15) is 19.5 Å². The van der Waals surface area contributed by atoms with Gasteiger partial charge in [-0.25, -0.2) is 14.4 Å². The molecule has 11 heteroatoms. The number of nitrogen functional groups attached to an aromatic ring is 1. The van der Waals surface area contributed by atoms with Crippen LogP contribution in [0.25, 0.3) is 10.9 Å². The molecule has 2 atom stereocenters. The number of anilines is 1. The number of ketones is 1. The van der Waals surface area contributed by atoms with Gasteiger partial charge >= 0.3 is 0 Å². The maximum Gasteiger partial charge on any atom is 0.251 e. The molecule has 0 radical (unpaired) electrons. The van der Waals surface area contributed by atoms with E-state index in [1.165, 1.54) is 42.6 Å². The number of nitrogens with zero attached hydrogens (tertiary/aromatic N) is 2. The number of phenols is 1. The molecule has 2 aromatic carbocycles. The Morgan fingerprint density at radius 2 is 1.64 bits per heavy atom. The Bertz CT molecular complexity index is 1740. The normalized spacial score (nSPS) is 17.1. The molecule has 2 amide bonds. The minimum atomic E-state index is -0.901. The first-order chi connectivity index (χ1) is 20.9. The van der Waals surface area contributed by atoms with Gasteiger partial charge in [0.05, 0.1) is 12.1 Å². The number of hydrogen-bond donors (Lipinski definition) is 5. The lowest BCUT2D eigenvalue weighted by atomic mass is 9.91. The summed E-state index contributed by atoms with van der Waals surface area (Å²) in [6.45, 7) is 7.04. The van der Waals surface area contributed by atoms with E-state index in [0.717, 1.165) is 13.0 Å². The van der Waals surface area contributed by atoms with E-state index in [2.05, 4.69) is 25.9 Å². The number of amides is 2. The lowest BCUT2D eigenvalue weighted by Gasteiger charge is -2.27. The number of halogens is 1. The van der Waals surface area contributed by atoms with E-state index in [1.807, 2.05) is 20.8 Å². The van der Waals surface area contributed by atoms with Gasteiger partial charge in [-0.15, -0.1) is 0 Å². The molecule has 1 saturated heterocycles. The highest BCUT2D eigenvalue weighted by atomic mass is 19.1. The molecule has 0 unspecified atom stereocenters. The zero-order valence-electron chi connectivity index (χ0n) is 24.8. The Hall–Kier alpha value is -4.90. The molecule has 1 fully saturated rings. The number of phenolic OH excluding ortho intramolecular Hbond substituents is 1. The molecule has 2 aromatic heterocycles. The fraction of sp³-hybridized carbons (Fsp3) is 0.303. The van der Waals surface area contributed by atoms with Crippen LogP contribution in [0.1, 0.15) is 75.9 Å². The number of aromatic nitrogens is 2. The maximum atomic E-state index is 15.6. The van der Waals surface area contributed by atoms with Gasteiger partial charge in [-0.2, -0.15) is 0 Å². The Kier molecular flexibility index (Phi) is 8.59. The van der Waals surface area contributed by atoms with Gasteiger partial charge in [0.25, 0.3) is 11.8 Å². The number of benzene rings is 2. The van der Waals surface area contributed by atoms with Gasteiger partial charge in [0.1, 0.15) is 22.6 Å². The highest BCUT2D eigenvalue weighted by Gasteiger charge is 2.28. The zero-order chi connectivity index (χ0) is 31.6. The highest BCUT2D eigenvalue weighted by Crippen LogP contribution is 2.32. The number of carbonyl (C=O) groups is 3. The van der Waals surface area contributed by atoms with E-state index in [-0.39, 0.29) is 45.7 Å². The second-order valence-corrected chi connectivity index (χ2v) is 12.0. The number of hydrogen-bond acceptors (Lipinski definition) is 8. The van der Waals surface area contributed by atoms with Crippen molar-refractivity contribution in [1.82, 2.24) is 25.9 Å². The van der Waals surface area contributed by atoms with Gasteiger partial charge in [-0.05, 0) is 55.8 Å². The minimum Gasteiger partial charge on any atom is -0.507 e. The molecular weight excluding hydrogens is 563 g/mol. The van der Waals surface area contributed by atoms with Crippen LogP contribution < -0.4 is 21.7 Å². The summed E-state index contributed by atoms with van der Waals surface area (Å²) in [5.74, 6) is -2.61. The number of nitrogens with two attached hydrogens (primary N) is 1. The number of carbonyl (C=O) groups excluding carboxylic acids is 3. The Labute approximate surface area is 254 Å². The fourth-order valence-corrected chi connectivity index (χ4v) is 5.23. The minimum absolute atomic E-state index is 0.00140. The van der Waals surface area contributed by atoms with Gasteiger partial charge < -0.3 is 26.8 Å². The largest absolute Gasteiger partial charge is 0.507 e. The van der Waals surface area contributed by atoms with Crippen molar-refractivity contribution >= 4 is 34.3 Å². The van der Waals surface area contributed by atoms with Crippen LogP contribution in [0.15, 0.2) is 60.8 Å². The molecule has 6 N–H and O–H groups in total. The van der Waals surface area contributed by atoms with Crippen molar-refractivity contribution in [3.05, 3.63) is 94.6 Å². The summed E-state index contributed by atoms with van der Waals surface area (Å²) in [5, 5.41) is 20.2. The molecule has 0 aliphatic carbocycles. The average molecular weight is 599 g/mol. The first-order valence-corrected chi connectivity index (χ1v) is 14.4. The SMILES string of the molecule is CC(C)(C)c1ccc2cc(O)c(C(=O)c3ccc(C(=O)N[C@@H]4CCCNC[C@H]4NC(=O)c4ccnc(N)c4)cc3)c(F)c2n1. The van der Waals surface area contributed by atoms with Crippen molar-refractivity contribution in [1.29, 1.82) is 0 Å². The van der Waals surface area contributed by atoms with Crippen molar-refractivity contribution in [2.24, 2.45) is 0 Å². The van der Waals surface area contributed by atoms with Crippen LogP contribution in [0.3, 0.4) is 0 Å². The quantitative estimate of drug-likeness (QED) is 0.209. The van der Waals surface area contributed by atoms with E-state index in [0.29, 0.717) is 29.6 Å². The Morgan fingerprint density at radius 1 is 0.955 bits per heavy atom.